The number of anilines is 1. The molecule has 7 nitrogen and oxygen atoms in total. The van der Waals surface area contributed by atoms with Crippen LogP contribution in [-0.2, 0) is 4.74 Å². The molecule has 1 aromatic carbocycles. The van der Waals surface area contributed by atoms with E-state index in [-0.39, 0.29) is 0 Å². The van der Waals surface area contributed by atoms with Crippen LogP contribution in [0.5, 0.6) is 5.75 Å². The first-order chi connectivity index (χ1) is 18.2. The average molecular weight is 490 g/mol. The molecule has 1 aliphatic rings. The molecule has 0 amide bonds. The summed E-state index contributed by atoms with van der Waals surface area (Å²) in [5.74, 6) is 0.688. The molecule has 0 N–H and O–H groups in total. The highest BCUT2D eigenvalue weighted by molar-refractivity contribution is 6.02. The molecule has 37 heavy (non-hydrogen) atoms. The molecule has 0 atom stereocenters. The smallest absolute Gasteiger partial charge is 0.137 e. The lowest BCUT2D eigenvalue weighted by Crippen LogP contribution is -2.36. The molecule has 1 aliphatic heterocycles. The second kappa shape index (κ2) is 9.95. The SMILES string of the molecule is COc1cncc(-c2ncc(N3CCOCC3)cc2-c2c(C)c(-c3ccccn3)nc3ccccc23)c1. The summed E-state index contributed by atoms with van der Waals surface area (Å²) in [6, 6.07) is 18.4. The number of rotatable bonds is 5. The van der Waals surface area contributed by atoms with Gasteiger partial charge in [-0.3, -0.25) is 15.0 Å². The van der Waals surface area contributed by atoms with Gasteiger partial charge in [-0.1, -0.05) is 24.3 Å². The number of ether oxygens (including phenoxy) is 2. The van der Waals surface area contributed by atoms with E-state index >= 15 is 0 Å². The molecule has 184 valence electrons. The molecule has 0 bridgehead atoms. The maximum absolute atomic E-state index is 5.60. The van der Waals surface area contributed by atoms with Crippen molar-refractivity contribution >= 4 is 16.6 Å². The Kier molecular flexibility index (Phi) is 6.20. The van der Waals surface area contributed by atoms with Crippen LogP contribution in [-0.4, -0.2) is 53.3 Å². The lowest BCUT2D eigenvalue weighted by Gasteiger charge is -2.29. The first-order valence-electron chi connectivity index (χ1n) is 12.4. The third-order valence-corrected chi connectivity index (χ3v) is 6.78. The van der Waals surface area contributed by atoms with Crippen LogP contribution in [0.4, 0.5) is 5.69 Å². The van der Waals surface area contributed by atoms with Gasteiger partial charge in [0.05, 0.1) is 61.0 Å². The van der Waals surface area contributed by atoms with Gasteiger partial charge in [-0.15, -0.1) is 0 Å². The van der Waals surface area contributed by atoms with Crippen LogP contribution in [0.2, 0.25) is 0 Å². The van der Waals surface area contributed by atoms with Gasteiger partial charge < -0.3 is 14.4 Å². The summed E-state index contributed by atoms with van der Waals surface area (Å²) in [5.41, 5.74) is 8.58. The van der Waals surface area contributed by atoms with Gasteiger partial charge >= 0.3 is 0 Å². The van der Waals surface area contributed by atoms with E-state index in [1.54, 1.807) is 19.5 Å². The highest BCUT2D eigenvalue weighted by atomic mass is 16.5. The quantitative estimate of drug-likeness (QED) is 0.319. The second-order valence-electron chi connectivity index (χ2n) is 9.00. The zero-order valence-electron chi connectivity index (χ0n) is 20.9. The maximum Gasteiger partial charge on any atom is 0.137 e. The van der Waals surface area contributed by atoms with Crippen molar-refractivity contribution in [2.45, 2.75) is 6.92 Å². The Morgan fingerprint density at radius 1 is 0.892 bits per heavy atom. The van der Waals surface area contributed by atoms with Gasteiger partial charge in [0.15, 0.2) is 0 Å². The number of benzene rings is 1. The lowest BCUT2D eigenvalue weighted by molar-refractivity contribution is 0.122. The van der Waals surface area contributed by atoms with Crippen molar-refractivity contribution in [3.63, 3.8) is 0 Å². The molecule has 5 heterocycles. The van der Waals surface area contributed by atoms with Crippen LogP contribution >= 0.6 is 0 Å². The number of pyridine rings is 4. The molecule has 1 fully saturated rings. The fourth-order valence-electron chi connectivity index (χ4n) is 4.94. The van der Waals surface area contributed by atoms with Crippen LogP contribution in [0.1, 0.15) is 5.56 Å². The van der Waals surface area contributed by atoms with E-state index in [0.717, 1.165) is 69.0 Å². The minimum Gasteiger partial charge on any atom is -0.495 e. The third kappa shape index (κ3) is 4.38. The standard InChI is InChI=1S/C30H27N5O2/c1-20-28(24-7-3-4-8-26(24)34-29(20)27-9-5-6-10-32-27)25-16-22(35-11-13-37-14-12-35)18-33-30(25)21-15-23(36-2)19-31-17-21/h3-10,15-19H,11-14H2,1-2H3. The molecule has 5 aromatic rings. The van der Waals surface area contributed by atoms with Gasteiger partial charge in [0, 0.05) is 42.0 Å². The number of aromatic nitrogens is 4. The summed E-state index contributed by atoms with van der Waals surface area (Å²) < 4.78 is 11.1. The number of fused-ring (bicyclic) bond motifs is 1. The predicted molar refractivity (Wildman–Crippen MR) is 146 cm³/mol. The minimum absolute atomic E-state index is 0.688. The van der Waals surface area contributed by atoms with Crippen molar-refractivity contribution in [2.75, 3.05) is 38.3 Å². The van der Waals surface area contributed by atoms with Gasteiger partial charge in [-0.25, -0.2) is 4.98 Å². The molecule has 0 aliphatic carbocycles. The summed E-state index contributed by atoms with van der Waals surface area (Å²) >= 11 is 0. The maximum atomic E-state index is 5.60. The first kappa shape index (κ1) is 23.1. The van der Waals surface area contributed by atoms with E-state index in [9.17, 15) is 0 Å². The summed E-state index contributed by atoms with van der Waals surface area (Å²) in [6.45, 7) is 5.19. The van der Waals surface area contributed by atoms with Crippen LogP contribution in [0.3, 0.4) is 0 Å². The molecular weight excluding hydrogens is 462 g/mol. The Morgan fingerprint density at radius 2 is 1.73 bits per heavy atom. The lowest BCUT2D eigenvalue weighted by atomic mass is 9.91. The van der Waals surface area contributed by atoms with Crippen LogP contribution in [0, 0.1) is 6.92 Å². The Balaban J connectivity index is 1.65. The van der Waals surface area contributed by atoms with Crippen molar-refractivity contribution in [3.05, 3.63) is 84.9 Å². The Hall–Kier alpha value is -4.36. The predicted octanol–water partition coefficient (Wildman–Crippen LogP) is 5.57. The Labute approximate surface area is 215 Å². The largest absolute Gasteiger partial charge is 0.495 e. The van der Waals surface area contributed by atoms with Crippen LogP contribution in [0.25, 0.3) is 44.7 Å². The average Bonchev–Trinajstić information content (AvgIpc) is 2.97. The fraction of sp³-hybridized carbons (Fsp3) is 0.200. The number of para-hydroxylation sites is 1. The van der Waals surface area contributed by atoms with Crippen LogP contribution < -0.4 is 9.64 Å². The summed E-state index contributed by atoms with van der Waals surface area (Å²) in [7, 11) is 1.65. The molecule has 4 aromatic heterocycles. The van der Waals surface area contributed by atoms with Crippen molar-refractivity contribution < 1.29 is 9.47 Å². The van der Waals surface area contributed by atoms with E-state index in [0.29, 0.717) is 19.0 Å². The monoisotopic (exact) mass is 489 g/mol. The number of nitrogens with zero attached hydrogens (tertiary/aromatic N) is 5. The summed E-state index contributed by atoms with van der Waals surface area (Å²) in [4.78, 5) is 21.4. The Morgan fingerprint density at radius 3 is 2.54 bits per heavy atom. The first-order valence-corrected chi connectivity index (χ1v) is 12.4. The van der Waals surface area contributed by atoms with Gasteiger partial charge in [0.25, 0.3) is 0 Å². The fourth-order valence-corrected chi connectivity index (χ4v) is 4.94. The van der Waals surface area contributed by atoms with Gasteiger partial charge in [0.2, 0.25) is 0 Å². The van der Waals surface area contributed by atoms with E-state index in [1.165, 1.54) is 0 Å². The van der Waals surface area contributed by atoms with E-state index in [4.69, 9.17) is 19.4 Å². The van der Waals surface area contributed by atoms with E-state index in [2.05, 4.69) is 46.1 Å². The van der Waals surface area contributed by atoms with Gasteiger partial charge in [-0.05, 0) is 48.4 Å². The topological polar surface area (TPSA) is 73.3 Å². The zero-order chi connectivity index (χ0) is 25.2. The number of hydrogen-bond donors (Lipinski definition) is 0. The van der Waals surface area contributed by atoms with Gasteiger partial charge in [0.1, 0.15) is 5.75 Å². The molecular formula is C30H27N5O2. The van der Waals surface area contributed by atoms with Crippen molar-refractivity contribution in [1.29, 1.82) is 0 Å². The molecule has 7 heteroatoms. The van der Waals surface area contributed by atoms with Crippen LogP contribution in [0.15, 0.2) is 79.4 Å². The van der Waals surface area contributed by atoms with E-state index < -0.39 is 0 Å². The number of morpholine rings is 1. The minimum atomic E-state index is 0.688. The summed E-state index contributed by atoms with van der Waals surface area (Å²) in [5, 5.41) is 1.07. The number of hydrogen-bond acceptors (Lipinski definition) is 7. The Bertz CT molecular complexity index is 1570. The highest BCUT2D eigenvalue weighted by Crippen LogP contribution is 2.41. The van der Waals surface area contributed by atoms with Crippen molar-refractivity contribution in [3.8, 4) is 39.5 Å². The molecule has 1 saturated heterocycles. The number of methoxy groups -OCH3 is 1. The molecule has 6 rings (SSSR count). The highest BCUT2D eigenvalue weighted by Gasteiger charge is 2.22. The van der Waals surface area contributed by atoms with E-state index in [1.807, 2.05) is 42.7 Å². The van der Waals surface area contributed by atoms with Crippen molar-refractivity contribution in [1.82, 2.24) is 19.9 Å². The summed E-state index contributed by atoms with van der Waals surface area (Å²) in [6.07, 6.45) is 7.29. The second-order valence-corrected chi connectivity index (χ2v) is 9.00. The molecule has 0 unspecified atom stereocenters. The third-order valence-electron chi connectivity index (χ3n) is 6.78. The zero-order valence-corrected chi connectivity index (χ0v) is 20.9. The molecule has 0 saturated carbocycles. The van der Waals surface area contributed by atoms with Gasteiger partial charge in [-0.2, -0.15) is 0 Å². The molecule has 0 spiro atoms. The normalized spacial score (nSPS) is 13.6. The molecule has 0 radical (unpaired) electrons. The van der Waals surface area contributed by atoms with Crippen molar-refractivity contribution in [2.24, 2.45) is 0 Å².